The maximum absolute atomic E-state index is 6.11. The molecule has 4 heteroatoms. The molecular formula is C16H25N3O. The Balaban J connectivity index is 1.61. The van der Waals surface area contributed by atoms with Gasteiger partial charge in [0.1, 0.15) is 0 Å². The van der Waals surface area contributed by atoms with Crippen molar-refractivity contribution < 1.29 is 4.74 Å². The van der Waals surface area contributed by atoms with Gasteiger partial charge in [0.25, 0.3) is 0 Å². The molecule has 3 rings (SSSR count). The molecule has 1 fully saturated rings. The summed E-state index contributed by atoms with van der Waals surface area (Å²) in [6.45, 7) is 9.44. The molecule has 2 aliphatic rings. The van der Waals surface area contributed by atoms with Crippen LogP contribution >= 0.6 is 0 Å². The zero-order chi connectivity index (χ0) is 13.9. The van der Waals surface area contributed by atoms with Crippen molar-refractivity contribution >= 4 is 5.69 Å². The molecule has 1 aromatic rings. The first kappa shape index (κ1) is 13.9. The Bertz CT molecular complexity index is 463. The fraction of sp³-hybridized carbons (Fsp3) is 0.625. The number of nitrogens with two attached hydrogens (primary N) is 1. The van der Waals surface area contributed by atoms with Crippen LogP contribution in [0.5, 0.6) is 0 Å². The van der Waals surface area contributed by atoms with Gasteiger partial charge in [-0.15, -0.1) is 0 Å². The number of nitrogen functional groups attached to an aromatic ring is 1. The molecule has 20 heavy (non-hydrogen) atoms. The number of hydrogen-bond donors (Lipinski definition) is 1. The molecule has 2 N–H and O–H groups in total. The number of likely N-dealkylation sites (N-methyl/N-ethyl adjacent to an activating group) is 1. The molecule has 0 radical (unpaired) electrons. The van der Waals surface area contributed by atoms with Gasteiger partial charge < -0.3 is 10.5 Å². The maximum atomic E-state index is 6.11. The third-order valence-corrected chi connectivity index (χ3v) is 4.52. The van der Waals surface area contributed by atoms with Gasteiger partial charge in [-0.2, -0.15) is 0 Å². The average Bonchev–Trinajstić information content (AvgIpc) is 2.48. The van der Waals surface area contributed by atoms with Crippen molar-refractivity contribution in [2.24, 2.45) is 0 Å². The molecule has 0 amide bonds. The molecule has 2 heterocycles. The summed E-state index contributed by atoms with van der Waals surface area (Å²) in [5, 5.41) is 0. The van der Waals surface area contributed by atoms with Gasteiger partial charge in [-0.25, -0.2) is 0 Å². The summed E-state index contributed by atoms with van der Waals surface area (Å²) in [5.41, 5.74) is 9.79. The minimum absolute atomic E-state index is 0.343. The van der Waals surface area contributed by atoms with Gasteiger partial charge in [0, 0.05) is 38.4 Å². The number of rotatable bonds is 3. The second-order valence-electron chi connectivity index (χ2n) is 5.86. The van der Waals surface area contributed by atoms with Gasteiger partial charge in [0.2, 0.25) is 0 Å². The number of morpholine rings is 1. The smallest absolute Gasteiger partial charge is 0.0829 e. The van der Waals surface area contributed by atoms with E-state index in [-0.39, 0.29) is 0 Å². The standard InChI is InChI=1S/C16H25N3O/c1-2-18-8-9-20-14(10-18)11-19-7-6-13-4-3-5-16(17)15(13)12-19/h3-5,14H,2,6-12,17H2,1H3. The summed E-state index contributed by atoms with van der Waals surface area (Å²) < 4.78 is 5.92. The second kappa shape index (κ2) is 6.12. The molecule has 2 aliphatic heterocycles. The van der Waals surface area contributed by atoms with Crippen LogP contribution < -0.4 is 5.73 Å². The van der Waals surface area contributed by atoms with Crippen LogP contribution in [0.4, 0.5) is 5.69 Å². The summed E-state index contributed by atoms with van der Waals surface area (Å²) in [7, 11) is 0. The number of nitrogens with zero attached hydrogens (tertiary/aromatic N) is 2. The number of anilines is 1. The minimum Gasteiger partial charge on any atom is -0.398 e. The Hall–Kier alpha value is -1.10. The highest BCUT2D eigenvalue weighted by molar-refractivity contribution is 5.51. The van der Waals surface area contributed by atoms with Crippen molar-refractivity contribution in [2.75, 3.05) is 45.1 Å². The topological polar surface area (TPSA) is 41.7 Å². The van der Waals surface area contributed by atoms with E-state index in [1.165, 1.54) is 11.1 Å². The normalized spacial score (nSPS) is 24.6. The van der Waals surface area contributed by atoms with Crippen molar-refractivity contribution in [3.05, 3.63) is 29.3 Å². The van der Waals surface area contributed by atoms with Gasteiger partial charge in [-0.05, 0) is 30.2 Å². The molecule has 0 aromatic heterocycles. The van der Waals surface area contributed by atoms with E-state index in [1.54, 1.807) is 0 Å². The highest BCUT2D eigenvalue weighted by Crippen LogP contribution is 2.24. The van der Waals surface area contributed by atoms with Crippen LogP contribution in [0.3, 0.4) is 0 Å². The van der Waals surface area contributed by atoms with Crippen LogP contribution in [0.25, 0.3) is 0 Å². The third-order valence-electron chi connectivity index (χ3n) is 4.52. The first-order chi connectivity index (χ1) is 9.76. The highest BCUT2D eigenvalue weighted by atomic mass is 16.5. The molecule has 110 valence electrons. The third kappa shape index (κ3) is 2.97. The van der Waals surface area contributed by atoms with Gasteiger partial charge >= 0.3 is 0 Å². The van der Waals surface area contributed by atoms with E-state index in [9.17, 15) is 0 Å². The van der Waals surface area contributed by atoms with Crippen LogP contribution in [0.2, 0.25) is 0 Å². The van der Waals surface area contributed by atoms with Crippen LogP contribution in [0.15, 0.2) is 18.2 Å². The predicted molar refractivity (Wildman–Crippen MR) is 81.7 cm³/mol. The molecule has 0 spiro atoms. The molecule has 0 aliphatic carbocycles. The molecule has 1 atom stereocenters. The highest BCUT2D eigenvalue weighted by Gasteiger charge is 2.24. The number of ether oxygens (including phenoxy) is 1. The van der Waals surface area contributed by atoms with E-state index in [4.69, 9.17) is 10.5 Å². The van der Waals surface area contributed by atoms with E-state index in [0.717, 1.165) is 58.0 Å². The van der Waals surface area contributed by atoms with E-state index in [2.05, 4.69) is 28.9 Å². The summed E-state index contributed by atoms with van der Waals surface area (Å²) in [6.07, 6.45) is 1.44. The summed E-state index contributed by atoms with van der Waals surface area (Å²) >= 11 is 0. The molecule has 0 saturated carbocycles. The van der Waals surface area contributed by atoms with Gasteiger partial charge in [0.15, 0.2) is 0 Å². The van der Waals surface area contributed by atoms with E-state index in [0.29, 0.717) is 6.10 Å². The van der Waals surface area contributed by atoms with Crippen molar-refractivity contribution in [2.45, 2.75) is 26.0 Å². The molecule has 1 aromatic carbocycles. The van der Waals surface area contributed by atoms with Crippen LogP contribution in [-0.2, 0) is 17.7 Å². The zero-order valence-electron chi connectivity index (χ0n) is 12.3. The van der Waals surface area contributed by atoms with Crippen molar-refractivity contribution in [3.63, 3.8) is 0 Å². The molecule has 4 nitrogen and oxygen atoms in total. The molecule has 1 unspecified atom stereocenters. The quantitative estimate of drug-likeness (QED) is 0.846. The SMILES string of the molecule is CCN1CCOC(CN2CCc3cccc(N)c3C2)C1. The number of fused-ring (bicyclic) bond motifs is 1. The number of hydrogen-bond acceptors (Lipinski definition) is 4. The fourth-order valence-electron chi connectivity index (χ4n) is 3.28. The van der Waals surface area contributed by atoms with Gasteiger partial charge in [0.05, 0.1) is 12.7 Å². The Kier molecular flexibility index (Phi) is 4.24. The lowest BCUT2D eigenvalue weighted by atomic mass is 9.98. The van der Waals surface area contributed by atoms with E-state index >= 15 is 0 Å². The summed E-state index contributed by atoms with van der Waals surface area (Å²) in [5.74, 6) is 0. The number of benzene rings is 1. The largest absolute Gasteiger partial charge is 0.398 e. The predicted octanol–water partition coefficient (Wildman–Crippen LogP) is 1.35. The van der Waals surface area contributed by atoms with Crippen LogP contribution in [-0.4, -0.2) is 55.2 Å². The second-order valence-corrected chi connectivity index (χ2v) is 5.86. The van der Waals surface area contributed by atoms with Gasteiger partial charge in [-0.1, -0.05) is 19.1 Å². The zero-order valence-corrected chi connectivity index (χ0v) is 12.3. The monoisotopic (exact) mass is 275 g/mol. The van der Waals surface area contributed by atoms with Crippen molar-refractivity contribution in [1.82, 2.24) is 9.80 Å². The van der Waals surface area contributed by atoms with Gasteiger partial charge in [-0.3, -0.25) is 9.80 Å². The molecular weight excluding hydrogens is 250 g/mol. The Morgan fingerprint density at radius 3 is 3.05 bits per heavy atom. The average molecular weight is 275 g/mol. The minimum atomic E-state index is 0.343. The lowest BCUT2D eigenvalue weighted by molar-refractivity contribution is -0.0434. The maximum Gasteiger partial charge on any atom is 0.0829 e. The first-order valence-corrected chi connectivity index (χ1v) is 7.69. The summed E-state index contributed by atoms with van der Waals surface area (Å²) in [6, 6.07) is 6.28. The van der Waals surface area contributed by atoms with Crippen molar-refractivity contribution in [3.8, 4) is 0 Å². The fourth-order valence-corrected chi connectivity index (χ4v) is 3.28. The molecule has 1 saturated heterocycles. The lowest BCUT2D eigenvalue weighted by Crippen LogP contribution is -2.48. The Morgan fingerprint density at radius 1 is 1.30 bits per heavy atom. The van der Waals surface area contributed by atoms with E-state index < -0.39 is 0 Å². The summed E-state index contributed by atoms with van der Waals surface area (Å²) in [4.78, 5) is 4.96. The lowest BCUT2D eigenvalue weighted by Gasteiger charge is -2.37. The van der Waals surface area contributed by atoms with E-state index in [1.807, 2.05) is 6.07 Å². The first-order valence-electron chi connectivity index (χ1n) is 7.69. The molecule has 0 bridgehead atoms. The van der Waals surface area contributed by atoms with Crippen LogP contribution in [0.1, 0.15) is 18.1 Å². The van der Waals surface area contributed by atoms with Crippen LogP contribution in [0, 0.1) is 0 Å². The Labute approximate surface area is 121 Å². The van der Waals surface area contributed by atoms with Crippen molar-refractivity contribution in [1.29, 1.82) is 0 Å². The Morgan fingerprint density at radius 2 is 2.20 bits per heavy atom.